The predicted molar refractivity (Wildman–Crippen MR) is 114 cm³/mol. The zero-order valence-corrected chi connectivity index (χ0v) is 18.5. The highest BCUT2D eigenvalue weighted by Crippen LogP contribution is 2.28. The van der Waals surface area contributed by atoms with E-state index in [2.05, 4.69) is 26.0 Å². The lowest BCUT2D eigenvalue weighted by atomic mass is 10.1. The van der Waals surface area contributed by atoms with Crippen molar-refractivity contribution >= 4 is 37.5 Å². The van der Waals surface area contributed by atoms with E-state index in [1.165, 1.54) is 25.3 Å². The Labute approximate surface area is 179 Å². The first-order valence-corrected chi connectivity index (χ1v) is 11.5. The minimum Gasteiger partial charge on any atom is -0.495 e. The van der Waals surface area contributed by atoms with Gasteiger partial charge in [-0.05, 0) is 62.2 Å². The van der Waals surface area contributed by atoms with Crippen LogP contribution in [-0.4, -0.2) is 40.2 Å². The van der Waals surface area contributed by atoms with Crippen molar-refractivity contribution in [3.8, 4) is 5.75 Å². The van der Waals surface area contributed by atoms with Gasteiger partial charge in [0.15, 0.2) is 0 Å². The molecule has 0 bridgehead atoms. The van der Waals surface area contributed by atoms with Gasteiger partial charge in [-0.15, -0.1) is 0 Å². The molecule has 1 aliphatic rings. The maximum absolute atomic E-state index is 12.9. The number of hydrogen-bond donors (Lipinski definition) is 2. The third-order valence-electron chi connectivity index (χ3n) is 4.69. The lowest BCUT2D eigenvalue weighted by Gasteiger charge is -2.20. The Bertz CT molecular complexity index is 973. The van der Waals surface area contributed by atoms with Crippen LogP contribution in [0, 0.1) is 0 Å². The van der Waals surface area contributed by atoms with Crippen LogP contribution < -0.4 is 14.8 Å². The van der Waals surface area contributed by atoms with E-state index in [-0.39, 0.29) is 34.3 Å². The van der Waals surface area contributed by atoms with Crippen molar-refractivity contribution < 1.29 is 22.7 Å². The Balaban J connectivity index is 1.83. The summed E-state index contributed by atoms with van der Waals surface area (Å²) in [6, 6.07) is 10.9. The third-order valence-corrected chi connectivity index (χ3v) is 6.62. The van der Waals surface area contributed by atoms with E-state index in [1.807, 2.05) is 6.92 Å². The van der Waals surface area contributed by atoms with Gasteiger partial charge in [-0.3, -0.25) is 9.52 Å². The number of methoxy groups -OCH3 is 1. The zero-order chi connectivity index (χ0) is 21.0. The van der Waals surface area contributed by atoms with E-state index >= 15 is 0 Å². The largest absolute Gasteiger partial charge is 0.495 e. The number of rotatable bonds is 7. The van der Waals surface area contributed by atoms with Gasteiger partial charge in [0.05, 0.1) is 19.3 Å². The summed E-state index contributed by atoms with van der Waals surface area (Å²) in [5.41, 5.74) is 0.629. The molecule has 1 aliphatic heterocycles. The number of amides is 1. The van der Waals surface area contributed by atoms with Crippen molar-refractivity contribution in [3.63, 3.8) is 0 Å². The van der Waals surface area contributed by atoms with E-state index in [0.29, 0.717) is 12.3 Å². The van der Waals surface area contributed by atoms with E-state index in [4.69, 9.17) is 9.47 Å². The molecule has 2 N–H and O–H groups in total. The number of anilines is 1. The number of benzene rings is 2. The molecular formula is C20H23BrN2O5S. The average molecular weight is 483 g/mol. The molecule has 1 heterocycles. The fraction of sp³-hybridized carbons (Fsp3) is 0.350. The molecule has 0 radical (unpaired) electrons. The number of hydrogen-bond acceptors (Lipinski definition) is 5. The molecule has 156 valence electrons. The summed E-state index contributed by atoms with van der Waals surface area (Å²) in [5.74, 6) is -0.214. The van der Waals surface area contributed by atoms with Gasteiger partial charge in [-0.25, -0.2) is 8.42 Å². The van der Waals surface area contributed by atoms with Crippen LogP contribution in [-0.2, 0) is 14.8 Å². The highest BCUT2D eigenvalue weighted by atomic mass is 79.9. The molecule has 7 nitrogen and oxygen atoms in total. The molecule has 3 rings (SSSR count). The molecule has 9 heteroatoms. The molecule has 2 aromatic rings. The Hall–Kier alpha value is -2.10. The van der Waals surface area contributed by atoms with Gasteiger partial charge in [0, 0.05) is 22.3 Å². The summed E-state index contributed by atoms with van der Waals surface area (Å²) < 4.78 is 40.0. The SMILES string of the molecule is COc1ccc(C(=O)N[C@H](C)[C@@H]2CCCO2)cc1S(=O)(=O)Nc1ccc(Br)cc1. The van der Waals surface area contributed by atoms with Crippen molar-refractivity contribution in [2.75, 3.05) is 18.4 Å². The first-order chi connectivity index (χ1) is 13.8. The topological polar surface area (TPSA) is 93.7 Å². The molecule has 1 saturated heterocycles. The summed E-state index contributed by atoms with van der Waals surface area (Å²) >= 11 is 3.31. The summed E-state index contributed by atoms with van der Waals surface area (Å²) in [6.07, 6.45) is 1.83. The van der Waals surface area contributed by atoms with Gasteiger partial charge in [0.25, 0.3) is 15.9 Å². The van der Waals surface area contributed by atoms with Gasteiger partial charge >= 0.3 is 0 Å². The molecule has 29 heavy (non-hydrogen) atoms. The Kier molecular flexibility index (Phi) is 6.81. The molecule has 0 aromatic heterocycles. The lowest BCUT2D eigenvalue weighted by Crippen LogP contribution is -2.40. The number of nitrogens with one attached hydrogen (secondary N) is 2. The monoisotopic (exact) mass is 482 g/mol. The zero-order valence-electron chi connectivity index (χ0n) is 16.1. The van der Waals surface area contributed by atoms with Crippen molar-refractivity contribution in [2.45, 2.75) is 36.8 Å². The second-order valence-corrected chi connectivity index (χ2v) is 9.36. The predicted octanol–water partition coefficient (Wildman–Crippen LogP) is 3.56. The molecular weight excluding hydrogens is 460 g/mol. The maximum atomic E-state index is 12.9. The van der Waals surface area contributed by atoms with Crippen molar-refractivity contribution in [2.24, 2.45) is 0 Å². The van der Waals surface area contributed by atoms with Crippen LogP contribution in [0.1, 0.15) is 30.1 Å². The minimum absolute atomic E-state index is 0.0283. The fourth-order valence-corrected chi connectivity index (χ4v) is 4.65. The van der Waals surface area contributed by atoms with Gasteiger partial charge < -0.3 is 14.8 Å². The van der Waals surface area contributed by atoms with E-state index in [9.17, 15) is 13.2 Å². The summed E-state index contributed by atoms with van der Waals surface area (Å²) in [5, 5.41) is 2.88. The average Bonchev–Trinajstić information content (AvgIpc) is 3.24. The quantitative estimate of drug-likeness (QED) is 0.629. The molecule has 0 saturated carbocycles. The van der Waals surface area contributed by atoms with E-state index in [0.717, 1.165) is 17.3 Å². The lowest BCUT2D eigenvalue weighted by molar-refractivity contribution is 0.0712. The Morgan fingerprint density at radius 2 is 1.97 bits per heavy atom. The summed E-state index contributed by atoms with van der Waals surface area (Å²) in [6.45, 7) is 2.57. The fourth-order valence-electron chi connectivity index (χ4n) is 3.14. The summed E-state index contributed by atoms with van der Waals surface area (Å²) in [7, 11) is -2.58. The molecule has 0 aliphatic carbocycles. The Morgan fingerprint density at radius 1 is 1.24 bits per heavy atom. The summed E-state index contributed by atoms with van der Waals surface area (Å²) in [4.78, 5) is 12.5. The normalized spacial score (nSPS) is 17.6. The van der Waals surface area contributed by atoms with Crippen LogP contribution in [0.25, 0.3) is 0 Å². The van der Waals surface area contributed by atoms with Crippen LogP contribution in [0.3, 0.4) is 0 Å². The van der Waals surface area contributed by atoms with Gasteiger partial charge in [0.1, 0.15) is 10.6 Å². The van der Waals surface area contributed by atoms with E-state index in [1.54, 1.807) is 24.3 Å². The first-order valence-electron chi connectivity index (χ1n) is 9.19. The highest BCUT2D eigenvalue weighted by Gasteiger charge is 2.26. The molecule has 1 amide bonds. The molecule has 0 unspecified atom stereocenters. The molecule has 2 atom stereocenters. The molecule has 0 spiro atoms. The smallest absolute Gasteiger partial charge is 0.265 e. The van der Waals surface area contributed by atoms with Gasteiger partial charge in [0.2, 0.25) is 0 Å². The second-order valence-electron chi connectivity index (χ2n) is 6.79. The first kappa shape index (κ1) is 21.6. The van der Waals surface area contributed by atoms with Crippen molar-refractivity contribution in [1.29, 1.82) is 0 Å². The number of carbonyl (C=O) groups is 1. The minimum atomic E-state index is -3.96. The highest BCUT2D eigenvalue weighted by molar-refractivity contribution is 9.10. The van der Waals surface area contributed by atoms with Crippen molar-refractivity contribution in [1.82, 2.24) is 5.32 Å². The number of ether oxygens (including phenoxy) is 2. The van der Waals surface area contributed by atoms with Crippen LogP contribution in [0.15, 0.2) is 51.8 Å². The van der Waals surface area contributed by atoms with E-state index < -0.39 is 10.0 Å². The molecule has 1 fully saturated rings. The number of carbonyl (C=O) groups excluding carboxylic acids is 1. The van der Waals surface area contributed by atoms with Gasteiger partial charge in [-0.2, -0.15) is 0 Å². The van der Waals surface area contributed by atoms with Crippen molar-refractivity contribution in [3.05, 3.63) is 52.5 Å². The maximum Gasteiger partial charge on any atom is 0.265 e. The van der Waals surface area contributed by atoms with Gasteiger partial charge in [-0.1, -0.05) is 15.9 Å². The standard InChI is InChI=1S/C20H23BrN2O5S/c1-13(17-4-3-11-28-17)22-20(24)14-5-10-18(27-2)19(12-14)29(25,26)23-16-8-6-15(21)7-9-16/h5-10,12-13,17,23H,3-4,11H2,1-2H3,(H,22,24)/t13-,17+/m1/s1. The van der Waals surface area contributed by atoms with Crippen LogP contribution >= 0.6 is 15.9 Å². The molecule has 2 aromatic carbocycles. The van der Waals surface area contributed by atoms with Crippen LogP contribution in [0.5, 0.6) is 5.75 Å². The number of halogens is 1. The Morgan fingerprint density at radius 3 is 2.59 bits per heavy atom. The van der Waals surface area contributed by atoms with Crippen LogP contribution in [0.4, 0.5) is 5.69 Å². The third kappa shape index (κ3) is 5.29. The number of sulfonamides is 1. The second kappa shape index (κ2) is 9.15. The van der Waals surface area contributed by atoms with Crippen LogP contribution in [0.2, 0.25) is 0 Å².